The van der Waals surface area contributed by atoms with Crippen LogP contribution < -0.4 is 19.7 Å². The number of pyridine rings is 2. The largest absolute Gasteiger partial charge is 0.481 e. The minimum Gasteiger partial charge on any atom is -0.481 e. The lowest BCUT2D eigenvalue weighted by Crippen LogP contribution is -2.43. The minimum absolute atomic E-state index is 0.0574. The molecule has 0 radical (unpaired) electrons. The van der Waals surface area contributed by atoms with Crippen molar-refractivity contribution in [1.29, 1.82) is 0 Å². The van der Waals surface area contributed by atoms with Crippen LogP contribution in [-0.2, 0) is 4.79 Å². The number of methoxy groups -OCH3 is 1. The van der Waals surface area contributed by atoms with E-state index in [1.807, 2.05) is 11.0 Å². The first kappa shape index (κ1) is 28.6. The molecule has 0 unspecified atom stereocenters. The number of aromatic nitrogens is 2. The van der Waals surface area contributed by atoms with Gasteiger partial charge in [0.25, 0.3) is 0 Å². The molecule has 2 aromatic heterocycles. The molecular weight excluding hydrogens is 527 g/mol. The van der Waals surface area contributed by atoms with E-state index < -0.39 is 24.6 Å². The highest BCUT2D eigenvalue weighted by molar-refractivity contribution is 5.70. The molecule has 0 bridgehead atoms. The third kappa shape index (κ3) is 7.39. The van der Waals surface area contributed by atoms with Crippen molar-refractivity contribution in [2.75, 3.05) is 43.6 Å². The summed E-state index contributed by atoms with van der Waals surface area (Å²) in [4.78, 5) is 21.4. The summed E-state index contributed by atoms with van der Waals surface area (Å²) in [7, 11) is 1.39. The summed E-state index contributed by atoms with van der Waals surface area (Å²) in [6.45, 7) is -0.190. The van der Waals surface area contributed by atoms with E-state index in [1.165, 1.54) is 19.4 Å². The number of carboxylic acid groups (broad SMARTS) is 1. The maximum absolute atomic E-state index is 13.5. The van der Waals surface area contributed by atoms with Crippen LogP contribution in [-0.4, -0.2) is 66.5 Å². The smallest absolute Gasteiger partial charge is 0.455 e. The number of nitrogens with one attached hydrogen (secondary N) is 1. The fraction of sp³-hybridized carbons (Fsp3) is 0.577. The van der Waals surface area contributed by atoms with Crippen molar-refractivity contribution >= 4 is 17.3 Å². The fourth-order valence-corrected chi connectivity index (χ4v) is 4.76. The number of hydrogen-bond donors (Lipinski definition) is 2. The number of carbonyl (C=O) groups is 1. The van der Waals surface area contributed by atoms with Gasteiger partial charge >= 0.3 is 18.1 Å². The first-order valence-electron chi connectivity index (χ1n) is 12.7. The molecule has 1 atom stereocenters. The number of hydrogen-bond acceptors (Lipinski definition) is 7. The number of aliphatic carboxylic acids is 1. The van der Waals surface area contributed by atoms with Crippen LogP contribution in [0.15, 0.2) is 30.6 Å². The normalized spacial score (nSPS) is 17.5. The Labute approximate surface area is 222 Å². The Morgan fingerprint density at radius 1 is 1.13 bits per heavy atom. The van der Waals surface area contributed by atoms with Gasteiger partial charge in [-0.3, -0.25) is 4.79 Å². The standard InChI is InChI=1S/C26H31F5N4O4/c1-38-22-12-21(20(13-33-22)34-15-25(27,28)26(29,30)31)35-8-5-16(6-9-35)14-39-23-10-18(4-7-32-23)19(11-24(36)37)17-2-3-17/h4,7,10,12-13,16-17,19,34H,2-3,5-6,8-9,11,14-15H2,1H3,(H,36,37)/t19-/m0/s1. The number of halogens is 5. The van der Waals surface area contributed by atoms with E-state index in [4.69, 9.17) is 9.47 Å². The van der Waals surface area contributed by atoms with Crippen molar-refractivity contribution in [3.8, 4) is 11.8 Å². The van der Waals surface area contributed by atoms with E-state index in [1.54, 1.807) is 12.3 Å². The first-order chi connectivity index (χ1) is 18.5. The topological polar surface area (TPSA) is 96.8 Å². The van der Waals surface area contributed by atoms with Gasteiger partial charge in [0.2, 0.25) is 11.8 Å². The fourth-order valence-electron chi connectivity index (χ4n) is 4.76. The van der Waals surface area contributed by atoms with Crippen molar-refractivity contribution in [3.63, 3.8) is 0 Å². The number of piperidine rings is 1. The Morgan fingerprint density at radius 3 is 2.46 bits per heavy atom. The maximum Gasteiger partial charge on any atom is 0.455 e. The Balaban J connectivity index is 1.35. The van der Waals surface area contributed by atoms with Crippen LogP contribution >= 0.6 is 0 Å². The van der Waals surface area contributed by atoms with Crippen LogP contribution in [0.25, 0.3) is 0 Å². The highest BCUT2D eigenvalue weighted by Crippen LogP contribution is 2.45. The molecule has 0 spiro atoms. The van der Waals surface area contributed by atoms with Gasteiger partial charge in [0.15, 0.2) is 0 Å². The van der Waals surface area contributed by atoms with Gasteiger partial charge in [-0.15, -0.1) is 0 Å². The van der Waals surface area contributed by atoms with Crippen molar-refractivity contribution in [2.24, 2.45) is 11.8 Å². The van der Waals surface area contributed by atoms with Gasteiger partial charge in [-0.05, 0) is 55.1 Å². The average molecular weight is 559 g/mol. The second-order valence-corrected chi connectivity index (χ2v) is 10.0. The second kappa shape index (κ2) is 11.8. The molecule has 0 aromatic carbocycles. The van der Waals surface area contributed by atoms with Gasteiger partial charge < -0.3 is 24.8 Å². The number of carboxylic acids is 1. The quantitative estimate of drug-likeness (QED) is 0.336. The summed E-state index contributed by atoms with van der Waals surface area (Å²) in [6.07, 6.45) is 0.615. The predicted octanol–water partition coefficient (Wildman–Crippen LogP) is 5.36. The number of ether oxygens (including phenoxy) is 2. The van der Waals surface area contributed by atoms with E-state index in [9.17, 15) is 31.9 Å². The average Bonchev–Trinajstić information content (AvgIpc) is 3.74. The second-order valence-electron chi connectivity index (χ2n) is 10.0. The highest BCUT2D eigenvalue weighted by Gasteiger charge is 2.57. The van der Waals surface area contributed by atoms with E-state index >= 15 is 0 Å². The lowest BCUT2D eigenvalue weighted by atomic mass is 9.92. The maximum atomic E-state index is 13.5. The molecule has 8 nitrogen and oxygen atoms in total. The van der Waals surface area contributed by atoms with Gasteiger partial charge in [0, 0.05) is 31.4 Å². The summed E-state index contributed by atoms with van der Waals surface area (Å²) < 4.78 is 75.9. The van der Waals surface area contributed by atoms with Crippen LogP contribution in [0.2, 0.25) is 0 Å². The number of rotatable bonds is 12. The van der Waals surface area contributed by atoms with Crippen molar-refractivity contribution in [1.82, 2.24) is 9.97 Å². The zero-order valence-electron chi connectivity index (χ0n) is 21.4. The van der Waals surface area contributed by atoms with E-state index in [2.05, 4.69) is 15.3 Å². The third-order valence-corrected chi connectivity index (χ3v) is 7.18. The van der Waals surface area contributed by atoms with Gasteiger partial charge in [-0.1, -0.05) is 0 Å². The van der Waals surface area contributed by atoms with Crippen LogP contribution in [0, 0.1) is 11.8 Å². The molecule has 4 rings (SSSR count). The molecule has 2 fully saturated rings. The summed E-state index contributed by atoms with van der Waals surface area (Å²) >= 11 is 0. The van der Waals surface area contributed by atoms with Crippen molar-refractivity contribution in [3.05, 3.63) is 36.2 Å². The Hall–Kier alpha value is -3.38. The van der Waals surface area contributed by atoms with Crippen LogP contribution in [0.1, 0.15) is 43.6 Å². The lowest BCUT2D eigenvalue weighted by Gasteiger charge is -2.35. The Kier molecular flexibility index (Phi) is 8.65. The van der Waals surface area contributed by atoms with Gasteiger partial charge in [-0.2, -0.15) is 22.0 Å². The lowest BCUT2D eigenvalue weighted by molar-refractivity contribution is -0.275. The van der Waals surface area contributed by atoms with Crippen LogP contribution in [0.3, 0.4) is 0 Å². The summed E-state index contributed by atoms with van der Waals surface area (Å²) in [5.74, 6) is -4.62. The minimum atomic E-state index is -5.66. The Bertz CT molecular complexity index is 1140. The van der Waals surface area contributed by atoms with Crippen molar-refractivity contribution < 1.29 is 41.3 Å². The molecule has 1 saturated carbocycles. The molecule has 2 aliphatic rings. The molecule has 1 saturated heterocycles. The SMILES string of the molecule is COc1cc(N2CCC(COc3cc([C@@H](CC(=O)O)C4CC4)ccn3)CC2)c(NCC(F)(F)C(F)(F)F)cn1. The molecule has 2 N–H and O–H groups in total. The van der Waals surface area contributed by atoms with E-state index in [0.29, 0.717) is 50.0 Å². The molecule has 0 amide bonds. The summed E-state index contributed by atoms with van der Waals surface area (Å²) in [5.41, 5.74) is 1.39. The summed E-state index contributed by atoms with van der Waals surface area (Å²) in [6, 6.07) is 5.14. The number of nitrogens with zero attached hydrogens (tertiary/aromatic N) is 3. The zero-order chi connectivity index (χ0) is 28.2. The number of alkyl halides is 5. The van der Waals surface area contributed by atoms with Gasteiger partial charge in [-0.25, -0.2) is 9.97 Å². The number of anilines is 2. The monoisotopic (exact) mass is 558 g/mol. The van der Waals surface area contributed by atoms with Gasteiger partial charge in [0.1, 0.15) is 0 Å². The third-order valence-electron chi connectivity index (χ3n) is 7.18. The molecule has 1 aliphatic carbocycles. The predicted molar refractivity (Wildman–Crippen MR) is 133 cm³/mol. The molecular formula is C26H31F5N4O4. The zero-order valence-corrected chi connectivity index (χ0v) is 21.4. The van der Waals surface area contributed by atoms with Crippen molar-refractivity contribution in [2.45, 2.75) is 50.1 Å². The molecule has 1 aliphatic heterocycles. The molecule has 214 valence electrons. The van der Waals surface area contributed by atoms with Crippen LogP contribution in [0.4, 0.5) is 33.3 Å². The first-order valence-corrected chi connectivity index (χ1v) is 12.7. The van der Waals surface area contributed by atoms with Crippen LogP contribution in [0.5, 0.6) is 11.8 Å². The highest BCUT2D eigenvalue weighted by atomic mass is 19.4. The molecule has 3 heterocycles. The van der Waals surface area contributed by atoms with Gasteiger partial charge in [0.05, 0.1) is 44.3 Å². The van der Waals surface area contributed by atoms with E-state index in [0.717, 1.165) is 18.4 Å². The Morgan fingerprint density at radius 2 is 1.85 bits per heavy atom. The van der Waals surface area contributed by atoms with E-state index in [-0.39, 0.29) is 29.8 Å². The molecule has 39 heavy (non-hydrogen) atoms. The molecule has 2 aromatic rings. The molecule has 13 heteroatoms. The summed E-state index contributed by atoms with van der Waals surface area (Å²) in [5, 5.41) is 11.5.